The molecule has 0 atom stereocenters. The van der Waals surface area contributed by atoms with Crippen molar-refractivity contribution in [3.63, 3.8) is 0 Å². The van der Waals surface area contributed by atoms with Crippen LogP contribution >= 0.6 is 0 Å². The van der Waals surface area contributed by atoms with E-state index in [-0.39, 0.29) is 0 Å². The Balaban J connectivity index is 2.38. The summed E-state index contributed by atoms with van der Waals surface area (Å²) >= 11 is 0. The molecule has 0 aromatic heterocycles. The van der Waals surface area contributed by atoms with Crippen molar-refractivity contribution in [1.82, 2.24) is 0 Å². The lowest BCUT2D eigenvalue weighted by molar-refractivity contribution is 1.03. The summed E-state index contributed by atoms with van der Waals surface area (Å²) in [7, 11) is 0. The monoisotopic (exact) mass is 133 g/mol. The third-order valence-electron chi connectivity index (χ3n) is 1.47. The number of hydrogen-bond acceptors (Lipinski definition) is 0. The van der Waals surface area contributed by atoms with Crippen LogP contribution in [0.5, 0.6) is 0 Å². The van der Waals surface area contributed by atoms with E-state index in [1.165, 1.54) is 12.8 Å². The van der Waals surface area contributed by atoms with Crippen molar-refractivity contribution < 1.29 is 0 Å². The molecule has 0 N–H and O–H groups in total. The second kappa shape index (κ2) is 5.04. The molecule has 53 valence electrons. The van der Waals surface area contributed by atoms with Gasteiger partial charge in [-0.1, -0.05) is 30.4 Å². The Hall–Kier alpha value is -0.780. The average Bonchev–Trinajstić information content (AvgIpc) is 2.01. The molecule has 10 heavy (non-hydrogen) atoms. The van der Waals surface area contributed by atoms with Gasteiger partial charge >= 0.3 is 0 Å². The molecule has 0 saturated heterocycles. The maximum atomic E-state index is 3.19. The van der Waals surface area contributed by atoms with Crippen LogP contribution in [0.2, 0.25) is 0 Å². The minimum absolute atomic E-state index is 0.980. The van der Waals surface area contributed by atoms with E-state index in [0.717, 1.165) is 12.8 Å². The van der Waals surface area contributed by atoms with Crippen LogP contribution in [0.15, 0.2) is 30.4 Å². The Morgan fingerprint density at radius 1 is 0.900 bits per heavy atom. The van der Waals surface area contributed by atoms with E-state index >= 15 is 0 Å². The SMILES string of the molecule is [C]1=C\C/C=C\CC/C=C\C/1. The average molecular weight is 133 g/mol. The largest absolute Gasteiger partial charge is 0.0879 e. The highest BCUT2D eigenvalue weighted by Crippen LogP contribution is 1.99. The zero-order valence-electron chi connectivity index (χ0n) is 6.22. The van der Waals surface area contributed by atoms with Gasteiger partial charge in [0.25, 0.3) is 0 Å². The molecule has 0 saturated carbocycles. The van der Waals surface area contributed by atoms with Crippen LogP contribution in [0.4, 0.5) is 0 Å². The molecule has 0 aromatic carbocycles. The first-order valence-electron chi connectivity index (χ1n) is 3.85. The van der Waals surface area contributed by atoms with Crippen LogP contribution in [0.3, 0.4) is 0 Å². The summed E-state index contributed by atoms with van der Waals surface area (Å²) in [6.07, 6.45) is 18.5. The van der Waals surface area contributed by atoms with Gasteiger partial charge in [0.15, 0.2) is 0 Å². The third kappa shape index (κ3) is 3.29. The Labute approximate surface area is 62.9 Å². The zero-order chi connectivity index (χ0) is 7.07. The Bertz CT molecular complexity index is 131. The van der Waals surface area contributed by atoms with Crippen molar-refractivity contribution in [2.75, 3.05) is 0 Å². The summed E-state index contributed by atoms with van der Waals surface area (Å²) in [6, 6.07) is 0. The van der Waals surface area contributed by atoms with Crippen molar-refractivity contribution in [2.24, 2.45) is 0 Å². The van der Waals surface area contributed by atoms with E-state index in [2.05, 4.69) is 36.5 Å². The fourth-order valence-corrected chi connectivity index (χ4v) is 0.910. The first-order chi connectivity index (χ1) is 5.00. The summed E-state index contributed by atoms with van der Waals surface area (Å²) in [5.74, 6) is 0. The Morgan fingerprint density at radius 3 is 2.60 bits per heavy atom. The molecule has 0 unspecified atom stereocenters. The Kier molecular flexibility index (Phi) is 3.69. The first-order valence-corrected chi connectivity index (χ1v) is 3.85. The Morgan fingerprint density at radius 2 is 1.70 bits per heavy atom. The van der Waals surface area contributed by atoms with Gasteiger partial charge in [0.2, 0.25) is 0 Å². The molecule has 1 aliphatic carbocycles. The standard InChI is InChI=1S/C10H13/c1-2-4-6-8-10-9-7-5-3-1/h1-2,5,8,10H,3-4,6,9H2/b2-1-,7-5?,10-8-. The number of allylic oxidation sites excluding steroid dienone is 6. The topological polar surface area (TPSA) is 0 Å². The van der Waals surface area contributed by atoms with Crippen molar-refractivity contribution >= 4 is 0 Å². The fraction of sp³-hybridized carbons (Fsp3) is 0.400. The van der Waals surface area contributed by atoms with Crippen LogP contribution < -0.4 is 0 Å². The second-order valence-corrected chi connectivity index (χ2v) is 2.37. The van der Waals surface area contributed by atoms with E-state index in [1.54, 1.807) is 0 Å². The molecule has 0 spiro atoms. The molecule has 0 fully saturated rings. The van der Waals surface area contributed by atoms with E-state index in [4.69, 9.17) is 0 Å². The normalized spacial score (nSPS) is 28.8. The highest BCUT2D eigenvalue weighted by atomic mass is 13.9. The molecule has 0 heterocycles. The van der Waals surface area contributed by atoms with Gasteiger partial charge in [-0.2, -0.15) is 0 Å². The third-order valence-corrected chi connectivity index (χ3v) is 1.47. The molecule has 1 aliphatic rings. The predicted molar refractivity (Wildman–Crippen MR) is 44.6 cm³/mol. The van der Waals surface area contributed by atoms with Crippen molar-refractivity contribution in [2.45, 2.75) is 25.7 Å². The molecule has 0 nitrogen and oxygen atoms in total. The quantitative estimate of drug-likeness (QED) is 0.445. The van der Waals surface area contributed by atoms with Crippen molar-refractivity contribution in [1.29, 1.82) is 0 Å². The van der Waals surface area contributed by atoms with Crippen molar-refractivity contribution in [3.05, 3.63) is 36.5 Å². The highest BCUT2D eigenvalue weighted by molar-refractivity contribution is 4.96. The fourth-order valence-electron chi connectivity index (χ4n) is 0.910. The van der Waals surface area contributed by atoms with Gasteiger partial charge in [0.1, 0.15) is 0 Å². The number of rotatable bonds is 0. The maximum absolute atomic E-state index is 3.19. The van der Waals surface area contributed by atoms with Crippen LogP contribution in [0.25, 0.3) is 0 Å². The molecule has 1 radical (unpaired) electrons. The smallest absolute Gasteiger partial charge is 0.00978 e. The minimum atomic E-state index is 0.980. The molecule has 0 heteroatoms. The summed E-state index contributed by atoms with van der Waals surface area (Å²) in [5.41, 5.74) is 0. The molecule has 0 aromatic rings. The van der Waals surface area contributed by atoms with E-state index in [0.29, 0.717) is 0 Å². The van der Waals surface area contributed by atoms with E-state index < -0.39 is 0 Å². The minimum Gasteiger partial charge on any atom is -0.0879 e. The van der Waals surface area contributed by atoms with Gasteiger partial charge in [-0.3, -0.25) is 0 Å². The molecule has 0 aliphatic heterocycles. The summed E-state index contributed by atoms with van der Waals surface area (Å²) in [5, 5.41) is 0. The first kappa shape index (κ1) is 7.33. The molecule has 0 bridgehead atoms. The highest BCUT2D eigenvalue weighted by Gasteiger charge is 1.79. The number of hydrogen-bond donors (Lipinski definition) is 0. The lowest BCUT2D eigenvalue weighted by atomic mass is 10.2. The van der Waals surface area contributed by atoms with Gasteiger partial charge in [-0.15, -0.1) is 0 Å². The molecular weight excluding hydrogens is 120 g/mol. The van der Waals surface area contributed by atoms with E-state index in [9.17, 15) is 0 Å². The summed E-state index contributed by atoms with van der Waals surface area (Å²) in [4.78, 5) is 0. The molecular formula is C10H13. The summed E-state index contributed by atoms with van der Waals surface area (Å²) < 4.78 is 0. The lowest BCUT2D eigenvalue weighted by Gasteiger charge is -1.89. The summed E-state index contributed by atoms with van der Waals surface area (Å²) in [6.45, 7) is 0. The van der Waals surface area contributed by atoms with E-state index in [1.807, 2.05) is 0 Å². The van der Waals surface area contributed by atoms with Gasteiger partial charge in [0, 0.05) is 0 Å². The maximum Gasteiger partial charge on any atom is -0.00978 e. The van der Waals surface area contributed by atoms with Crippen LogP contribution in [-0.4, -0.2) is 0 Å². The van der Waals surface area contributed by atoms with Gasteiger partial charge in [-0.05, 0) is 31.8 Å². The van der Waals surface area contributed by atoms with Gasteiger partial charge in [0.05, 0.1) is 0 Å². The zero-order valence-corrected chi connectivity index (χ0v) is 6.22. The second-order valence-electron chi connectivity index (χ2n) is 2.37. The van der Waals surface area contributed by atoms with Crippen LogP contribution in [0.1, 0.15) is 25.7 Å². The molecule has 0 amide bonds. The van der Waals surface area contributed by atoms with Gasteiger partial charge in [-0.25, -0.2) is 0 Å². The van der Waals surface area contributed by atoms with Crippen molar-refractivity contribution in [3.8, 4) is 0 Å². The lowest BCUT2D eigenvalue weighted by Crippen LogP contribution is -1.69. The van der Waals surface area contributed by atoms with Gasteiger partial charge < -0.3 is 0 Å². The van der Waals surface area contributed by atoms with Crippen LogP contribution in [0, 0.1) is 6.08 Å². The molecule has 1 rings (SSSR count). The van der Waals surface area contributed by atoms with Crippen LogP contribution in [-0.2, 0) is 0 Å². The predicted octanol–water partition coefficient (Wildman–Crippen LogP) is 3.03.